The van der Waals surface area contributed by atoms with Crippen molar-refractivity contribution in [3.05, 3.63) is 48.0 Å². The molecule has 4 heterocycles. The fourth-order valence-electron chi connectivity index (χ4n) is 3.91. The van der Waals surface area contributed by atoms with E-state index in [1.54, 1.807) is 6.33 Å². The molecule has 122 valence electrons. The zero-order valence-electron chi connectivity index (χ0n) is 13.6. The number of hydrogen-bond acceptors (Lipinski definition) is 5. The fourth-order valence-corrected chi connectivity index (χ4v) is 3.91. The van der Waals surface area contributed by atoms with Crippen LogP contribution in [0.1, 0.15) is 24.2 Å². The molecule has 6 nitrogen and oxygen atoms in total. The number of ether oxygens (including phenoxy) is 1. The summed E-state index contributed by atoms with van der Waals surface area (Å²) < 4.78 is 8.34. The molecule has 6 heteroatoms. The number of rotatable bonds is 1. The topological polar surface area (TPSA) is 55.5 Å². The standard InChI is InChI=1S/C18H19N5O/c1-13-20-16(10-17-21-19-12-23(13)17)22-9-8-18(11-22)7-6-14-4-2-3-5-15(14)24-18/h2-5,10,12H,6-9,11H2,1H3. The predicted octanol–water partition coefficient (Wildman–Crippen LogP) is 2.41. The molecule has 2 aromatic heterocycles. The molecular formula is C18H19N5O. The van der Waals surface area contributed by atoms with Gasteiger partial charge in [0.1, 0.15) is 29.3 Å². The molecule has 0 amide bonds. The van der Waals surface area contributed by atoms with Crippen molar-refractivity contribution >= 4 is 11.5 Å². The van der Waals surface area contributed by atoms with Crippen molar-refractivity contribution in [3.8, 4) is 5.75 Å². The van der Waals surface area contributed by atoms with Crippen LogP contribution in [0.5, 0.6) is 5.75 Å². The molecule has 0 bridgehead atoms. The molecule has 3 aromatic rings. The van der Waals surface area contributed by atoms with Gasteiger partial charge in [-0.1, -0.05) is 18.2 Å². The Kier molecular flexibility index (Phi) is 2.83. The van der Waals surface area contributed by atoms with E-state index in [-0.39, 0.29) is 5.60 Å². The fraction of sp³-hybridized carbons (Fsp3) is 0.389. The third-order valence-corrected chi connectivity index (χ3v) is 5.25. The van der Waals surface area contributed by atoms with Gasteiger partial charge >= 0.3 is 0 Å². The summed E-state index contributed by atoms with van der Waals surface area (Å²) in [4.78, 5) is 7.05. The molecule has 2 aliphatic heterocycles. The van der Waals surface area contributed by atoms with Crippen LogP contribution in [0.25, 0.3) is 5.65 Å². The molecule has 0 aliphatic carbocycles. The van der Waals surface area contributed by atoms with Gasteiger partial charge in [0.05, 0.1) is 6.54 Å². The van der Waals surface area contributed by atoms with E-state index in [2.05, 4.69) is 39.4 Å². The number of anilines is 1. The average molecular weight is 321 g/mol. The Bertz CT molecular complexity index is 921. The van der Waals surface area contributed by atoms with Gasteiger partial charge in [0.15, 0.2) is 5.65 Å². The molecular weight excluding hydrogens is 302 g/mol. The van der Waals surface area contributed by atoms with Crippen molar-refractivity contribution in [3.63, 3.8) is 0 Å². The minimum atomic E-state index is -0.0935. The highest BCUT2D eigenvalue weighted by molar-refractivity contribution is 5.52. The summed E-state index contributed by atoms with van der Waals surface area (Å²) in [5, 5.41) is 8.13. The van der Waals surface area contributed by atoms with E-state index in [9.17, 15) is 0 Å². The summed E-state index contributed by atoms with van der Waals surface area (Å²) >= 11 is 0. The van der Waals surface area contributed by atoms with Crippen molar-refractivity contribution in [2.75, 3.05) is 18.0 Å². The second-order valence-corrected chi connectivity index (χ2v) is 6.79. The highest BCUT2D eigenvalue weighted by Crippen LogP contribution is 2.39. The van der Waals surface area contributed by atoms with Crippen LogP contribution < -0.4 is 9.64 Å². The predicted molar refractivity (Wildman–Crippen MR) is 90.5 cm³/mol. The third-order valence-electron chi connectivity index (χ3n) is 5.25. The van der Waals surface area contributed by atoms with E-state index >= 15 is 0 Å². The molecule has 5 rings (SSSR count). The van der Waals surface area contributed by atoms with Gasteiger partial charge in [-0.3, -0.25) is 4.40 Å². The summed E-state index contributed by atoms with van der Waals surface area (Å²) in [6.07, 6.45) is 4.88. The number of nitrogens with zero attached hydrogens (tertiary/aromatic N) is 5. The van der Waals surface area contributed by atoms with E-state index in [0.29, 0.717) is 0 Å². The molecule has 1 aromatic carbocycles. The molecule has 1 saturated heterocycles. The highest BCUT2D eigenvalue weighted by atomic mass is 16.5. The first kappa shape index (κ1) is 13.8. The van der Waals surface area contributed by atoms with E-state index in [0.717, 1.165) is 55.4 Å². The SMILES string of the molecule is Cc1nc(N2CCC3(CCc4ccccc4O3)C2)cc2nncn12. The summed E-state index contributed by atoms with van der Waals surface area (Å²) in [6, 6.07) is 10.4. The summed E-state index contributed by atoms with van der Waals surface area (Å²) in [7, 11) is 0. The Hall–Kier alpha value is -2.63. The highest BCUT2D eigenvalue weighted by Gasteiger charge is 2.43. The number of para-hydroxylation sites is 1. The van der Waals surface area contributed by atoms with E-state index in [4.69, 9.17) is 9.72 Å². The van der Waals surface area contributed by atoms with Crippen molar-refractivity contribution in [1.29, 1.82) is 0 Å². The van der Waals surface area contributed by atoms with Gasteiger partial charge in [0.2, 0.25) is 0 Å². The van der Waals surface area contributed by atoms with Crippen LogP contribution in [-0.4, -0.2) is 38.3 Å². The second kappa shape index (κ2) is 4.93. The van der Waals surface area contributed by atoms with Crippen molar-refractivity contribution in [2.45, 2.75) is 31.8 Å². The molecule has 0 N–H and O–H groups in total. The zero-order valence-corrected chi connectivity index (χ0v) is 13.6. The van der Waals surface area contributed by atoms with Crippen molar-refractivity contribution in [1.82, 2.24) is 19.6 Å². The first-order valence-electron chi connectivity index (χ1n) is 8.42. The largest absolute Gasteiger partial charge is 0.485 e. The smallest absolute Gasteiger partial charge is 0.165 e. The first-order valence-corrected chi connectivity index (χ1v) is 8.42. The Labute approximate surface area is 140 Å². The lowest BCUT2D eigenvalue weighted by molar-refractivity contribution is 0.0682. The lowest BCUT2D eigenvalue weighted by Crippen LogP contribution is -2.42. The summed E-state index contributed by atoms with van der Waals surface area (Å²) in [5.74, 6) is 2.92. The number of hydrogen-bond donors (Lipinski definition) is 0. The average Bonchev–Trinajstić information content (AvgIpc) is 3.22. The molecule has 0 saturated carbocycles. The van der Waals surface area contributed by atoms with Gasteiger partial charge in [-0.15, -0.1) is 10.2 Å². The molecule has 0 radical (unpaired) electrons. The molecule has 1 spiro atoms. The Morgan fingerprint density at radius 2 is 2.12 bits per heavy atom. The van der Waals surface area contributed by atoms with Crippen LogP contribution in [-0.2, 0) is 6.42 Å². The first-order chi connectivity index (χ1) is 11.7. The Morgan fingerprint density at radius 1 is 1.21 bits per heavy atom. The Morgan fingerprint density at radius 3 is 3.08 bits per heavy atom. The molecule has 24 heavy (non-hydrogen) atoms. The third kappa shape index (κ3) is 2.06. The maximum absolute atomic E-state index is 6.43. The lowest BCUT2D eigenvalue weighted by Gasteiger charge is -2.35. The van der Waals surface area contributed by atoms with Crippen LogP contribution in [0.2, 0.25) is 0 Å². The monoisotopic (exact) mass is 321 g/mol. The summed E-state index contributed by atoms with van der Waals surface area (Å²) in [6.45, 7) is 3.82. The number of aromatic nitrogens is 4. The van der Waals surface area contributed by atoms with Crippen LogP contribution in [0.15, 0.2) is 36.7 Å². The quantitative estimate of drug-likeness (QED) is 0.689. The molecule has 1 unspecified atom stereocenters. The minimum absolute atomic E-state index is 0.0935. The van der Waals surface area contributed by atoms with Crippen LogP contribution >= 0.6 is 0 Å². The Balaban J connectivity index is 1.44. The van der Waals surface area contributed by atoms with Crippen LogP contribution in [0.4, 0.5) is 5.82 Å². The number of fused-ring (bicyclic) bond motifs is 2. The zero-order chi connectivity index (χ0) is 16.1. The van der Waals surface area contributed by atoms with E-state index in [1.807, 2.05) is 17.4 Å². The van der Waals surface area contributed by atoms with Crippen LogP contribution in [0, 0.1) is 6.92 Å². The van der Waals surface area contributed by atoms with Crippen molar-refractivity contribution in [2.24, 2.45) is 0 Å². The normalized spacial score (nSPS) is 22.8. The summed E-state index contributed by atoms with van der Waals surface area (Å²) in [5.41, 5.74) is 2.07. The number of aryl methyl sites for hydroxylation is 2. The number of benzene rings is 1. The second-order valence-electron chi connectivity index (χ2n) is 6.79. The van der Waals surface area contributed by atoms with Crippen molar-refractivity contribution < 1.29 is 4.74 Å². The molecule has 1 fully saturated rings. The lowest BCUT2D eigenvalue weighted by atomic mass is 9.90. The van der Waals surface area contributed by atoms with Gasteiger partial charge in [-0.2, -0.15) is 0 Å². The van der Waals surface area contributed by atoms with Gasteiger partial charge in [0, 0.05) is 19.0 Å². The van der Waals surface area contributed by atoms with E-state index < -0.39 is 0 Å². The molecule has 1 atom stereocenters. The maximum Gasteiger partial charge on any atom is 0.165 e. The van der Waals surface area contributed by atoms with Crippen LogP contribution in [0.3, 0.4) is 0 Å². The van der Waals surface area contributed by atoms with Gasteiger partial charge < -0.3 is 9.64 Å². The van der Waals surface area contributed by atoms with Gasteiger partial charge in [-0.25, -0.2) is 4.98 Å². The van der Waals surface area contributed by atoms with Gasteiger partial charge in [0.25, 0.3) is 0 Å². The minimum Gasteiger partial charge on any atom is -0.485 e. The van der Waals surface area contributed by atoms with E-state index in [1.165, 1.54) is 5.56 Å². The van der Waals surface area contributed by atoms with Gasteiger partial charge in [-0.05, 0) is 31.4 Å². The molecule has 2 aliphatic rings. The maximum atomic E-state index is 6.43.